The molecule has 6 nitrogen and oxygen atoms in total. The number of carbonyl (C=O) groups is 1. The number of aliphatic carboxylic acids is 1. The number of hydrogen-bond acceptors (Lipinski definition) is 4. The molecule has 88 valence electrons. The van der Waals surface area contributed by atoms with E-state index in [0.717, 1.165) is 25.1 Å². The summed E-state index contributed by atoms with van der Waals surface area (Å²) in [7, 11) is 1.83. The van der Waals surface area contributed by atoms with E-state index in [1.807, 2.05) is 13.2 Å². The van der Waals surface area contributed by atoms with Crippen molar-refractivity contribution in [1.82, 2.24) is 19.9 Å². The molecule has 0 aromatic carbocycles. The molecule has 1 atom stereocenters. The maximum atomic E-state index is 10.7. The average Bonchev–Trinajstić information content (AvgIpc) is 2.77. The Labute approximate surface area is 93.9 Å². The molecule has 1 aromatic rings. The SMILES string of the molecule is Cn1cc(CN2CCCC2CC(=O)O)nn1. The van der Waals surface area contributed by atoms with E-state index in [4.69, 9.17) is 5.11 Å². The lowest BCUT2D eigenvalue weighted by atomic mass is 10.1. The zero-order valence-electron chi connectivity index (χ0n) is 9.33. The monoisotopic (exact) mass is 224 g/mol. The van der Waals surface area contributed by atoms with Crippen molar-refractivity contribution in [1.29, 1.82) is 0 Å². The summed E-state index contributed by atoms with van der Waals surface area (Å²) < 4.78 is 1.66. The predicted molar refractivity (Wildman–Crippen MR) is 56.7 cm³/mol. The largest absolute Gasteiger partial charge is 0.481 e. The first kappa shape index (κ1) is 11.1. The van der Waals surface area contributed by atoms with Crippen LogP contribution in [0, 0.1) is 0 Å². The summed E-state index contributed by atoms with van der Waals surface area (Å²) in [5, 5.41) is 16.7. The Hall–Kier alpha value is -1.43. The standard InChI is InChI=1S/C10H16N4O2/c1-13-6-8(11-12-13)7-14-4-2-3-9(14)5-10(15)16/h6,9H,2-5,7H2,1H3,(H,15,16). The van der Waals surface area contributed by atoms with Gasteiger partial charge in [0.1, 0.15) is 0 Å². The number of nitrogens with zero attached hydrogens (tertiary/aromatic N) is 4. The highest BCUT2D eigenvalue weighted by Gasteiger charge is 2.26. The molecule has 0 aliphatic carbocycles. The van der Waals surface area contributed by atoms with Gasteiger partial charge in [-0.05, 0) is 19.4 Å². The normalized spacial score (nSPS) is 21.4. The van der Waals surface area contributed by atoms with Crippen LogP contribution in [-0.2, 0) is 18.4 Å². The van der Waals surface area contributed by atoms with Gasteiger partial charge in [0.2, 0.25) is 0 Å². The molecule has 1 unspecified atom stereocenters. The highest BCUT2D eigenvalue weighted by atomic mass is 16.4. The number of carboxylic acid groups (broad SMARTS) is 1. The van der Waals surface area contributed by atoms with E-state index in [9.17, 15) is 4.79 Å². The van der Waals surface area contributed by atoms with Gasteiger partial charge in [-0.1, -0.05) is 5.21 Å². The number of hydrogen-bond donors (Lipinski definition) is 1. The molecule has 2 heterocycles. The fourth-order valence-electron chi connectivity index (χ4n) is 2.21. The second kappa shape index (κ2) is 4.61. The quantitative estimate of drug-likeness (QED) is 0.794. The van der Waals surface area contributed by atoms with Crippen LogP contribution in [0.3, 0.4) is 0 Å². The summed E-state index contributed by atoms with van der Waals surface area (Å²) in [5.74, 6) is -0.726. The number of aromatic nitrogens is 3. The second-order valence-corrected chi connectivity index (χ2v) is 4.25. The number of rotatable bonds is 4. The maximum absolute atomic E-state index is 10.7. The molecule has 0 spiro atoms. The van der Waals surface area contributed by atoms with Gasteiger partial charge >= 0.3 is 5.97 Å². The molecule has 0 amide bonds. The highest BCUT2D eigenvalue weighted by Crippen LogP contribution is 2.21. The van der Waals surface area contributed by atoms with Gasteiger partial charge in [0.05, 0.1) is 12.1 Å². The molecule has 1 saturated heterocycles. The first-order valence-corrected chi connectivity index (χ1v) is 5.46. The summed E-state index contributed by atoms with van der Waals surface area (Å²) in [4.78, 5) is 12.9. The molecule has 1 fully saturated rings. The van der Waals surface area contributed by atoms with Crippen molar-refractivity contribution in [2.75, 3.05) is 6.54 Å². The van der Waals surface area contributed by atoms with Crippen molar-refractivity contribution in [3.63, 3.8) is 0 Å². The van der Waals surface area contributed by atoms with E-state index in [2.05, 4.69) is 15.2 Å². The van der Waals surface area contributed by atoms with E-state index in [1.165, 1.54) is 0 Å². The number of carboxylic acids is 1. The zero-order chi connectivity index (χ0) is 11.5. The van der Waals surface area contributed by atoms with Gasteiger partial charge in [0.25, 0.3) is 0 Å². The molecule has 2 rings (SSSR count). The Morgan fingerprint density at radius 3 is 3.12 bits per heavy atom. The fraction of sp³-hybridized carbons (Fsp3) is 0.700. The first-order chi connectivity index (χ1) is 7.65. The van der Waals surface area contributed by atoms with Crippen LogP contribution in [0.25, 0.3) is 0 Å². The summed E-state index contributed by atoms with van der Waals surface area (Å²) in [5.41, 5.74) is 0.903. The van der Waals surface area contributed by atoms with Crippen LogP contribution in [0.15, 0.2) is 6.20 Å². The third-order valence-electron chi connectivity index (χ3n) is 2.92. The molecule has 1 aliphatic rings. The summed E-state index contributed by atoms with van der Waals surface area (Å²) in [6, 6.07) is 0.152. The molecule has 1 N–H and O–H groups in total. The fourth-order valence-corrected chi connectivity index (χ4v) is 2.21. The van der Waals surface area contributed by atoms with Gasteiger partial charge in [-0.3, -0.25) is 14.4 Å². The maximum Gasteiger partial charge on any atom is 0.304 e. The van der Waals surface area contributed by atoms with Crippen molar-refractivity contribution < 1.29 is 9.90 Å². The Morgan fingerprint density at radius 1 is 1.69 bits per heavy atom. The molecule has 6 heteroatoms. The predicted octanol–water partition coefficient (Wildman–Crippen LogP) is 0.254. The van der Waals surface area contributed by atoms with Crippen molar-refractivity contribution in [3.8, 4) is 0 Å². The third-order valence-corrected chi connectivity index (χ3v) is 2.92. The molecular formula is C10H16N4O2. The van der Waals surface area contributed by atoms with Gasteiger partial charge in [-0.15, -0.1) is 5.10 Å². The van der Waals surface area contributed by atoms with Crippen molar-refractivity contribution in [3.05, 3.63) is 11.9 Å². The molecular weight excluding hydrogens is 208 g/mol. The van der Waals surface area contributed by atoms with Crippen molar-refractivity contribution in [2.45, 2.75) is 31.8 Å². The first-order valence-electron chi connectivity index (χ1n) is 5.46. The lowest BCUT2D eigenvalue weighted by Gasteiger charge is -2.21. The summed E-state index contributed by atoms with van der Waals surface area (Å²) in [6.07, 6.45) is 4.13. The van der Waals surface area contributed by atoms with E-state index >= 15 is 0 Å². The smallest absolute Gasteiger partial charge is 0.304 e. The van der Waals surface area contributed by atoms with Crippen LogP contribution in [0.1, 0.15) is 25.0 Å². The van der Waals surface area contributed by atoms with Crippen molar-refractivity contribution in [2.24, 2.45) is 7.05 Å². The van der Waals surface area contributed by atoms with Crippen LogP contribution in [0.4, 0.5) is 0 Å². The second-order valence-electron chi connectivity index (χ2n) is 4.25. The van der Waals surface area contributed by atoms with Gasteiger partial charge in [-0.25, -0.2) is 0 Å². The lowest BCUT2D eigenvalue weighted by molar-refractivity contribution is -0.138. The minimum atomic E-state index is -0.726. The van der Waals surface area contributed by atoms with E-state index in [0.29, 0.717) is 6.54 Å². The summed E-state index contributed by atoms with van der Waals surface area (Å²) in [6.45, 7) is 1.65. The summed E-state index contributed by atoms with van der Waals surface area (Å²) >= 11 is 0. The highest BCUT2D eigenvalue weighted by molar-refractivity contribution is 5.67. The Balaban J connectivity index is 1.95. The van der Waals surface area contributed by atoms with Gasteiger partial charge in [-0.2, -0.15) is 0 Å². The van der Waals surface area contributed by atoms with Crippen LogP contribution in [0.5, 0.6) is 0 Å². The van der Waals surface area contributed by atoms with Crippen LogP contribution in [0.2, 0.25) is 0 Å². The molecule has 16 heavy (non-hydrogen) atoms. The number of aryl methyl sites for hydroxylation is 1. The minimum absolute atomic E-state index is 0.152. The van der Waals surface area contributed by atoms with E-state index < -0.39 is 5.97 Å². The third kappa shape index (κ3) is 2.57. The molecule has 0 bridgehead atoms. The Kier molecular flexibility index (Phi) is 3.19. The van der Waals surface area contributed by atoms with Gasteiger partial charge in [0, 0.05) is 25.8 Å². The van der Waals surface area contributed by atoms with Crippen LogP contribution in [-0.4, -0.2) is 43.6 Å². The van der Waals surface area contributed by atoms with Crippen LogP contribution >= 0.6 is 0 Å². The molecule has 0 saturated carbocycles. The van der Waals surface area contributed by atoms with Crippen molar-refractivity contribution >= 4 is 5.97 Å². The van der Waals surface area contributed by atoms with Gasteiger partial charge < -0.3 is 5.11 Å². The topological polar surface area (TPSA) is 71.2 Å². The lowest BCUT2D eigenvalue weighted by Crippen LogP contribution is -2.31. The van der Waals surface area contributed by atoms with Gasteiger partial charge in [0.15, 0.2) is 0 Å². The Bertz CT molecular complexity index is 377. The molecule has 0 radical (unpaired) electrons. The van der Waals surface area contributed by atoms with E-state index in [-0.39, 0.29) is 12.5 Å². The Morgan fingerprint density at radius 2 is 2.50 bits per heavy atom. The molecule has 1 aliphatic heterocycles. The zero-order valence-corrected chi connectivity index (χ0v) is 9.33. The van der Waals surface area contributed by atoms with Crippen LogP contribution < -0.4 is 0 Å². The minimum Gasteiger partial charge on any atom is -0.481 e. The molecule has 1 aromatic heterocycles. The number of likely N-dealkylation sites (tertiary alicyclic amines) is 1. The van der Waals surface area contributed by atoms with E-state index in [1.54, 1.807) is 4.68 Å². The average molecular weight is 224 g/mol.